The van der Waals surface area contributed by atoms with Gasteiger partial charge in [0.1, 0.15) is 11.6 Å². The van der Waals surface area contributed by atoms with Gasteiger partial charge in [-0.2, -0.15) is 0 Å². The third-order valence-electron chi connectivity index (χ3n) is 4.31. The highest BCUT2D eigenvalue weighted by Crippen LogP contribution is 2.38. The summed E-state index contributed by atoms with van der Waals surface area (Å²) in [7, 11) is 0. The van der Waals surface area contributed by atoms with Gasteiger partial charge in [-0.15, -0.1) is 0 Å². The lowest BCUT2D eigenvalue weighted by atomic mass is 9.94. The summed E-state index contributed by atoms with van der Waals surface area (Å²) in [5, 5.41) is 4.43. The number of benzene rings is 2. The van der Waals surface area contributed by atoms with Gasteiger partial charge >= 0.3 is 0 Å². The summed E-state index contributed by atoms with van der Waals surface area (Å²) in [4.78, 5) is 32.2. The summed E-state index contributed by atoms with van der Waals surface area (Å²) in [5.41, 5.74) is 2.50. The standard InChI is InChI=1S/C18H12BrClN2O3/c1-9-6-7-13(11(19)8-9)22-17(23)14-15(21-25-16(14)18(22)24)10-4-2-3-5-12(10)20/h2-8,14,16H,1H3/t14-,16-/m1/s1. The average molecular weight is 420 g/mol. The Balaban J connectivity index is 1.75. The maximum absolute atomic E-state index is 13.0. The van der Waals surface area contributed by atoms with Crippen molar-refractivity contribution in [3.8, 4) is 0 Å². The van der Waals surface area contributed by atoms with Crippen molar-refractivity contribution >= 4 is 50.7 Å². The van der Waals surface area contributed by atoms with E-state index >= 15 is 0 Å². The summed E-state index contributed by atoms with van der Waals surface area (Å²) in [6.07, 6.45) is -0.952. The molecule has 2 aromatic carbocycles. The first kappa shape index (κ1) is 16.3. The minimum atomic E-state index is -0.952. The van der Waals surface area contributed by atoms with Crippen LogP contribution >= 0.6 is 27.5 Å². The number of carbonyl (C=O) groups is 2. The normalized spacial score (nSPS) is 22.0. The topological polar surface area (TPSA) is 59.0 Å². The van der Waals surface area contributed by atoms with Crippen LogP contribution in [0.3, 0.4) is 0 Å². The number of fused-ring (bicyclic) bond motifs is 1. The van der Waals surface area contributed by atoms with Crippen molar-refractivity contribution in [2.45, 2.75) is 13.0 Å². The van der Waals surface area contributed by atoms with E-state index in [1.807, 2.05) is 19.1 Å². The summed E-state index contributed by atoms with van der Waals surface area (Å²) < 4.78 is 0.672. The first-order valence-electron chi connectivity index (χ1n) is 7.61. The van der Waals surface area contributed by atoms with Gasteiger partial charge in [-0.3, -0.25) is 9.59 Å². The van der Waals surface area contributed by atoms with E-state index in [2.05, 4.69) is 21.1 Å². The van der Waals surface area contributed by atoms with Gasteiger partial charge in [0, 0.05) is 15.1 Å². The van der Waals surface area contributed by atoms with Crippen molar-refractivity contribution in [1.29, 1.82) is 0 Å². The number of anilines is 1. The Hall–Kier alpha value is -2.18. The molecule has 0 unspecified atom stereocenters. The zero-order valence-corrected chi connectivity index (χ0v) is 15.4. The molecule has 5 nitrogen and oxygen atoms in total. The Morgan fingerprint density at radius 3 is 2.64 bits per heavy atom. The van der Waals surface area contributed by atoms with Crippen LogP contribution in [0.2, 0.25) is 5.02 Å². The number of imide groups is 1. The molecule has 2 aromatic rings. The van der Waals surface area contributed by atoms with Gasteiger partial charge in [-0.05, 0) is 46.6 Å². The van der Waals surface area contributed by atoms with Gasteiger partial charge in [0.15, 0.2) is 0 Å². The fourth-order valence-electron chi connectivity index (χ4n) is 3.10. The second-order valence-electron chi connectivity index (χ2n) is 5.93. The van der Waals surface area contributed by atoms with Crippen molar-refractivity contribution in [1.82, 2.24) is 0 Å². The molecule has 25 heavy (non-hydrogen) atoms. The number of amides is 2. The first-order valence-corrected chi connectivity index (χ1v) is 8.78. The molecule has 126 valence electrons. The fourth-order valence-corrected chi connectivity index (χ4v) is 4.00. The quantitative estimate of drug-likeness (QED) is 0.697. The zero-order chi connectivity index (χ0) is 17.7. The Bertz CT molecular complexity index is 944. The molecule has 0 spiro atoms. The first-order chi connectivity index (χ1) is 12.0. The van der Waals surface area contributed by atoms with Crippen LogP contribution in [0.25, 0.3) is 0 Å². The lowest BCUT2D eigenvalue weighted by Crippen LogP contribution is -2.33. The van der Waals surface area contributed by atoms with Gasteiger partial charge in [-0.1, -0.05) is 41.0 Å². The molecule has 0 N–H and O–H groups in total. The van der Waals surface area contributed by atoms with Crippen LogP contribution < -0.4 is 4.90 Å². The number of nitrogens with zero attached hydrogens (tertiary/aromatic N) is 2. The lowest BCUT2D eigenvalue weighted by Gasteiger charge is -2.17. The number of aryl methyl sites for hydroxylation is 1. The van der Waals surface area contributed by atoms with Gasteiger partial charge in [0.05, 0.1) is 5.69 Å². The summed E-state index contributed by atoms with van der Waals surface area (Å²) in [6, 6.07) is 12.5. The Morgan fingerprint density at radius 2 is 1.92 bits per heavy atom. The van der Waals surface area contributed by atoms with Gasteiger partial charge in [-0.25, -0.2) is 4.90 Å². The maximum atomic E-state index is 13.0. The number of rotatable bonds is 2. The van der Waals surface area contributed by atoms with E-state index in [1.165, 1.54) is 0 Å². The van der Waals surface area contributed by atoms with Crippen LogP contribution in [0.1, 0.15) is 11.1 Å². The highest BCUT2D eigenvalue weighted by Gasteiger charge is 2.56. The Morgan fingerprint density at radius 1 is 1.16 bits per heavy atom. The molecule has 2 aliphatic heterocycles. The van der Waals surface area contributed by atoms with Gasteiger partial charge in [0.25, 0.3) is 5.91 Å². The molecule has 0 radical (unpaired) electrons. The molecule has 7 heteroatoms. The van der Waals surface area contributed by atoms with E-state index in [-0.39, 0.29) is 5.91 Å². The number of halogens is 2. The molecule has 0 bridgehead atoms. The Kier molecular flexibility index (Phi) is 3.89. The summed E-state index contributed by atoms with van der Waals surface area (Å²) in [6.45, 7) is 1.93. The minimum absolute atomic E-state index is 0.365. The molecule has 2 aliphatic rings. The molecule has 2 heterocycles. The Labute approximate surface area is 157 Å². The van der Waals surface area contributed by atoms with E-state index in [0.29, 0.717) is 26.5 Å². The highest BCUT2D eigenvalue weighted by molar-refractivity contribution is 9.10. The number of hydrogen-bond donors (Lipinski definition) is 0. The van der Waals surface area contributed by atoms with Crippen LogP contribution in [0.5, 0.6) is 0 Å². The zero-order valence-electron chi connectivity index (χ0n) is 13.1. The highest BCUT2D eigenvalue weighted by atomic mass is 79.9. The predicted octanol–water partition coefficient (Wildman–Crippen LogP) is 3.70. The molecule has 1 saturated heterocycles. The van der Waals surface area contributed by atoms with Crippen molar-refractivity contribution in [3.63, 3.8) is 0 Å². The van der Waals surface area contributed by atoms with E-state index in [9.17, 15) is 9.59 Å². The maximum Gasteiger partial charge on any atom is 0.279 e. The van der Waals surface area contributed by atoms with E-state index in [0.717, 1.165) is 10.5 Å². The van der Waals surface area contributed by atoms with E-state index < -0.39 is 17.9 Å². The average Bonchev–Trinajstić information content (AvgIpc) is 3.10. The number of hydrogen-bond acceptors (Lipinski definition) is 4. The molecular weight excluding hydrogens is 408 g/mol. The van der Waals surface area contributed by atoms with Crippen molar-refractivity contribution < 1.29 is 14.4 Å². The summed E-state index contributed by atoms with van der Waals surface area (Å²) in [5.74, 6) is -1.58. The van der Waals surface area contributed by atoms with Crippen LogP contribution in [-0.4, -0.2) is 23.6 Å². The summed E-state index contributed by atoms with van der Waals surface area (Å²) >= 11 is 9.65. The van der Waals surface area contributed by atoms with Crippen LogP contribution in [0, 0.1) is 12.8 Å². The third-order valence-corrected chi connectivity index (χ3v) is 5.27. The van der Waals surface area contributed by atoms with Gasteiger partial charge in [0.2, 0.25) is 12.0 Å². The van der Waals surface area contributed by atoms with Gasteiger partial charge < -0.3 is 4.84 Å². The third kappa shape index (κ3) is 2.48. The molecule has 0 aliphatic carbocycles. The van der Waals surface area contributed by atoms with Crippen molar-refractivity contribution in [2.75, 3.05) is 4.90 Å². The lowest BCUT2D eigenvalue weighted by molar-refractivity contribution is -0.126. The molecule has 0 saturated carbocycles. The van der Waals surface area contributed by atoms with Crippen molar-refractivity contribution in [2.24, 2.45) is 11.1 Å². The SMILES string of the molecule is Cc1ccc(N2C(=O)[C@@H]3C(c4ccccc4Cl)=NO[C@H]3C2=O)c(Br)c1. The number of carbonyl (C=O) groups excluding carboxylic acids is 2. The van der Waals surface area contributed by atoms with Crippen LogP contribution in [0.15, 0.2) is 52.1 Å². The molecule has 0 aromatic heterocycles. The molecular formula is C18H12BrClN2O3. The second-order valence-corrected chi connectivity index (χ2v) is 7.19. The molecule has 1 fully saturated rings. The van der Waals surface area contributed by atoms with E-state index in [4.69, 9.17) is 16.4 Å². The molecule has 4 rings (SSSR count). The number of oxime groups is 1. The molecule has 2 amide bonds. The monoisotopic (exact) mass is 418 g/mol. The second kappa shape index (κ2) is 5.97. The minimum Gasteiger partial charge on any atom is -0.381 e. The van der Waals surface area contributed by atoms with Crippen LogP contribution in [-0.2, 0) is 14.4 Å². The van der Waals surface area contributed by atoms with Crippen molar-refractivity contribution in [3.05, 3.63) is 63.1 Å². The van der Waals surface area contributed by atoms with E-state index in [1.54, 1.807) is 30.3 Å². The largest absolute Gasteiger partial charge is 0.381 e. The smallest absolute Gasteiger partial charge is 0.279 e. The molecule has 2 atom stereocenters. The fraction of sp³-hybridized carbons (Fsp3) is 0.167. The van der Waals surface area contributed by atoms with Crippen LogP contribution in [0.4, 0.5) is 5.69 Å². The predicted molar refractivity (Wildman–Crippen MR) is 97.7 cm³/mol.